The van der Waals surface area contributed by atoms with Crippen molar-refractivity contribution < 1.29 is 17.9 Å². The molecule has 0 aliphatic carbocycles. The average molecular weight is 490 g/mol. The van der Waals surface area contributed by atoms with Gasteiger partial charge in [0.15, 0.2) is 0 Å². The van der Waals surface area contributed by atoms with Crippen LogP contribution in [0.3, 0.4) is 0 Å². The predicted molar refractivity (Wildman–Crippen MR) is 131 cm³/mol. The van der Waals surface area contributed by atoms with Gasteiger partial charge in [-0.15, -0.1) is 0 Å². The maximum Gasteiger partial charge on any atom is 0.246 e. The Morgan fingerprint density at radius 1 is 1.03 bits per heavy atom. The zero-order valence-electron chi connectivity index (χ0n) is 20.4. The van der Waals surface area contributed by atoms with E-state index in [2.05, 4.69) is 16.1 Å². The number of anilines is 1. The fraction of sp³-hybridized carbons (Fsp3) is 0.583. The molecule has 34 heavy (non-hydrogen) atoms. The van der Waals surface area contributed by atoms with Crippen LogP contribution in [0.4, 0.5) is 5.69 Å². The molecule has 2 aliphatic rings. The van der Waals surface area contributed by atoms with E-state index < -0.39 is 10.0 Å². The van der Waals surface area contributed by atoms with Crippen LogP contribution in [0, 0.1) is 13.8 Å². The van der Waals surface area contributed by atoms with Crippen molar-refractivity contribution in [2.45, 2.75) is 51.0 Å². The Morgan fingerprint density at radius 2 is 1.74 bits per heavy atom. The molecule has 1 amide bonds. The number of ether oxygens (including phenoxy) is 1. The van der Waals surface area contributed by atoms with Gasteiger partial charge in [0.05, 0.1) is 25.0 Å². The number of piperidine rings is 1. The molecule has 0 N–H and O–H groups in total. The van der Waals surface area contributed by atoms with Gasteiger partial charge in [-0.25, -0.2) is 8.42 Å². The highest BCUT2D eigenvalue weighted by molar-refractivity contribution is 7.89. The highest BCUT2D eigenvalue weighted by atomic mass is 32.2. The predicted octanol–water partition coefficient (Wildman–Crippen LogP) is 2.42. The number of piperazine rings is 1. The molecule has 2 fully saturated rings. The molecule has 1 aromatic carbocycles. The van der Waals surface area contributed by atoms with Gasteiger partial charge >= 0.3 is 0 Å². The Labute approximate surface area is 202 Å². The zero-order valence-corrected chi connectivity index (χ0v) is 21.2. The first-order valence-corrected chi connectivity index (χ1v) is 13.5. The number of aryl methyl sites for hydroxylation is 2. The number of hydrogen-bond acceptors (Lipinski definition) is 6. The topological polar surface area (TPSA) is 88.0 Å². The lowest BCUT2D eigenvalue weighted by Crippen LogP contribution is -2.49. The Morgan fingerprint density at radius 3 is 2.41 bits per heavy atom. The lowest BCUT2D eigenvalue weighted by molar-refractivity contribution is -0.131. The summed E-state index contributed by atoms with van der Waals surface area (Å²) in [6.45, 7) is 7.85. The molecule has 10 heteroatoms. The van der Waals surface area contributed by atoms with E-state index in [0.29, 0.717) is 55.4 Å². The Kier molecular flexibility index (Phi) is 7.47. The van der Waals surface area contributed by atoms with Crippen molar-refractivity contribution in [3.8, 4) is 5.75 Å². The van der Waals surface area contributed by atoms with Gasteiger partial charge in [0.1, 0.15) is 10.6 Å². The molecule has 3 heterocycles. The highest BCUT2D eigenvalue weighted by Gasteiger charge is 2.32. The van der Waals surface area contributed by atoms with E-state index in [9.17, 15) is 13.2 Å². The van der Waals surface area contributed by atoms with E-state index in [1.54, 1.807) is 29.9 Å². The Bertz CT molecular complexity index is 1120. The van der Waals surface area contributed by atoms with E-state index >= 15 is 0 Å². The standard InChI is InChI=1S/C24H35N5O4S/c1-19-24(34(31,32)28-11-5-4-6-12-28)20(2)29(25-19)13-10-23(30)27-16-14-26(15-17-27)21-8-7-9-22(18-21)33-3/h7-9,18H,4-6,10-17H2,1-3H3. The lowest BCUT2D eigenvalue weighted by atomic mass is 10.2. The van der Waals surface area contributed by atoms with Gasteiger partial charge in [0, 0.05) is 57.4 Å². The molecule has 0 unspecified atom stereocenters. The number of aromatic nitrogens is 2. The van der Waals surface area contributed by atoms with Gasteiger partial charge in [0.2, 0.25) is 15.9 Å². The van der Waals surface area contributed by atoms with Gasteiger partial charge < -0.3 is 14.5 Å². The van der Waals surface area contributed by atoms with Gasteiger partial charge in [-0.05, 0) is 38.8 Å². The number of methoxy groups -OCH3 is 1. The summed E-state index contributed by atoms with van der Waals surface area (Å²) in [7, 11) is -1.90. The van der Waals surface area contributed by atoms with Crippen LogP contribution in [-0.2, 0) is 21.4 Å². The molecule has 1 aromatic heterocycles. The number of carbonyl (C=O) groups excluding carboxylic acids is 1. The van der Waals surface area contributed by atoms with Gasteiger partial charge in [-0.2, -0.15) is 9.40 Å². The van der Waals surface area contributed by atoms with Crippen molar-refractivity contribution in [3.63, 3.8) is 0 Å². The quantitative estimate of drug-likeness (QED) is 0.594. The number of benzene rings is 1. The summed E-state index contributed by atoms with van der Waals surface area (Å²) in [6, 6.07) is 7.96. The van der Waals surface area contributed by atoms with Crippen LogP contribution in [0.2, 0.25) is 0 Å². The third kappa shape index (κ3) is 5.07. The van der Waals surface area contributed by atoms with E-state index in [-0.39, 0.29) is 5.91 Å². The van der Waals surface area contributed by atoms with Crippen molar-refractivity contribution in [2.24, 2.45) is 0 Å². The molecule has 0 bridgehead atoms. The smallest absolute Gasteiger partial charge is 0.246 e. The molecule has 0 spiro atoms. The van der Waals surface area contributed by atoms with E-state index in [0.717, 1.165) is 43.8 Å². The number of rotatable bonds is 7. The number of nitrogens with zero attached hydrogens (tertiary/aromatic N) is 5. The fourth-order valence-corrected chi connectivity index (χ4v) is 6.78. The normalized spacial score (nSPS) is 17.7. The maximum atomic E-state index is 13.2. The second-order valence-corrected chi connectivity index (χ2v) is 10.9. The van der Waals surface area contributed by atoms with Crippen LogP contribution in [0.1, 0.15) is 37.1 Å². The summed E-state index contributed by atoms with van der Waals surface area (Å²) in [4.78, 5) is 17.3. The second kappa shape index (κ2) is 10.4. The molecule has 4 rings (SSSR count). The van der Waals surface area contributed by atoms with Gasteiger partial charge in [-0.1, -0.05) is 12.5 Å². The first-order chi connectivity index (χ1) is 16.3. The summed E-state index contributed by atoms with van der Waals surface area (Å²) in [6.07, 6.45) is 3.15. The molecule has 9 nitrogen and oxygen atoms in total. The number of carbonyl (C=O) groups is 1. The van der Waals surface area contributed by atoms with Crippen LogP contribution in [-0.4, -0.2) is 79.7 Å². The minimum atomic E-state index is -3.56. The molecule has 2 saturated heterocycles. The maximum absolute atomic E-state index is 13.2. The van der Waals surface area contributed by atoms with Crippen molar-refractivity contribution in [1.29, 1.82) is 0 Å². The molecule has 2 aliphatic heterocycles. The fourth-order valence-electron chi connectivity index (χ4n) is 4.89. The second-order valence-electron chi connectivity index (χ2n) is 9.01. The van der Waals surface area contributed by atoms with Crippen molar-refractivity contribution >= 4 is 21.6 Å². The van der Waals surface area contributed by atoms with Crippen LogP contribution in [0.15, 0.2) is 29.2 Å². The largest absolute Gasteiger partial charge is 0.497 e. The summed E-state index contributed by atoms with van der Waals surface area (Å²) in [5.74, 6) is 0.890. The number of hydrogen-bond donors (Lipinski definition) is 0. The van der Waals surface area contributed by atoms with Gasteiger partial charge in [-0.3, -0.25) is 9.48 Å². The molecule has 0 radical (unpaired) electrons. The summed E-state index contributed by atoms with van der Waals surface area (Å²) in [5.41, 5.74) is 2.21. The van der Waals surface area contributed by atoms with Gasteiger partial charge in [0.25, 0.3) is 0 Å². The summed E-state index contributed by atoms with van der Waals surface area (Å²) in [5, 5.41) is 4.48. The molecule has 0 saturated carbocycles. The van der Waals surface area contributed by atoms with Crippen molar-refractivity contribution in [2.75, 3.05) is 51.3 Å². The van der Waals surface area contributed by atoms with Crippen LogP contribution >= 0.6 is 0 Å². The van der Waals surface area contributed by atoms with Crippen LogP contribution < -0.4 is 9.64 Å². The zero-order chi connectivity index (χ0) is 24.3. The van der Waals surface area contributed by atoms with E-state index in [1.165, 1.54) is 0 Å². The number of amides is 1. The minimum Gasteiger partial charge on any atom is -0.497 e. The molecule has 186 valence electrons. The third-order valence-corrected chi connectivity index (χ3v) is 8.97. The third-order valence-electron chi connectivity index (χ3n) is 6.82. The Balaban J connectivity index is 1.35. The molecular weight excluding hydrogens is 454 g/mol. The van der Waals surface area contributed by atoms with Crippen molar-refractivity contribution in [1.82, 2.24) is 19.0 Å². The summed E-state index contributed by atoms with van der Waals surface area (Å²) >= 11 is 0. The lowest BCUT2D eigenvalue weighted by Gasteiger charge is -2.36. The van der Waals surface area contributed by atoms with E-state index in [1.807, 2.05) is 23.1 Å². The monoisotopic (exact) mass is 489 g/mol. The minimum absolute atomic E-state index is 0.0679. The molecular formula is C24H35N5O4S. The molecule has 0 atom stereocenters. The summed E-state index contributed by atoms with van der Waals surface area (Å²) < 4.78 is 35.0. The average Bonchev–Trinajstić information content (AvgIpc) is 3.16. The van der Waals surface area contributed by atoms with E-state index in [4.69, 9.17) is 4.74 Å². The number of sulfonamides is 1. The Hall–Kier alpha value is -2.59. The van der Waals surface area contributed by atoms with Crippen molar-refractivity contribution in [3.05, 3.63) is 35.7 Å². The first kappa shape index (κ1) is 24.5. The van der Waals surface area contributed by atoms with Crippen LogP contribution in [0.5, 0.6) is 5.75 Å². The first-order valence-electron chi connectivity index (χ1n) is 12.0. The molecule has 2 aromatic rings. The van der Waals surface area contributed by atoms with Crippen LogP contribution in [0.25, 0.3) is 0 Å². The highest BCUT2D eigenvalue weighted by Crippen LogP contribution is 2.26. The SMILES string of the molecule is COc1cccc(N2CCN(C(=O)CCn3nc(C)c(S(=O)(=O)N4CCCCC4)c3C)CC2)c1.